The molecule has 0 aromatic heterocycles. The van der Waals surface area contributed by atoms with Crippen molar-refractivity contribution in [3.63, 3.8) is 0 Å². The van der Waals surface area contributed by atoms with E-state index in [1.54, 1.807) is 12.1 Å². The Kier molecular flexibility index (Phi) is 5.77. The van der Waals surface area contributed by atoms with Gasteiger partial charge in [0.05, 0.1) is 6.04 Å². The fourth-order valence-electron chi connectivity index (χ4n) is 3.30. The summed E-state index contributed by atoms with van der Waals surface area (Å²) in [6.45, 7) is 4.81. The zero-order valence-electron chi connectivity index (χ0n) is 15.0. The maximum atomic E-state index is 12.8. The Morgan fingerprint density at radius 1 is 1.23 bits per heavy atom. The minimum absolute atomic E-state index is 0.196. The zero-order valence-corrected chi connectivity index (χ0v) is 15.0. The lowest BCUT2D eigenvalue weighted by molar-refractivity contribution is -0.275. The summed E-state index contributed by atoms with van der Waals surface area (Å²) in [5.41, 5.74) is 4.32. The molecule has 0 bridgehead atoms. The second-order valence-electron chi connectivity index (χ2n) is 6.80. The highest BCUT2D eigenvalue weighted by Gasteiger charge is 2.40. The van der Waals surface area contributed by atoms with E-state index in [1.165, 1.54) is 12.1 Å². The summed E-state index contributed by atoms with van der Waals surface area (Å²) in [5, 5.41) is 3.50. The number of para-hydroxylation sites is 1. The van der Waals surface area contributed by atoms with Crippen LogP contribution in [-0.2, 0) is 4.84 Å². The van der Waals surface area contributed by atoms with E-state index in [4.69, 9.17) is 4.84 Å². The summed E-state index contributed by atoms with van der Waals surface area (Å²) in [5.74, 6) is 1.04. The van der Waals surface area contributed by atoms with Crippen molar-refractivity contribution in [2.45, 2.75) is 58.0 Å². The quantitative estimate of drug-likeness (QED) is 0.702. The number of nitrogens with one attached hydrogen (secondary N) is 2. The summed E-state index contributed by atoms with van der Waals surface area (Å²) in [4.78, 5) is 5.69. The van der Waals surface area contributed by atoms with Gasteiger partial charge in [-0.1, -0.05) is 32.0 Å². The number of alkyl halides is 3. The zero-order chi connectivity index (χ0) is 18.7. The van der Waals surface area contributed by atoms with E-state index in [1.807, 2.05) is 0 Å². The van der Waals surface area contributed by atoms with Crippen molar-refractivity contribution in [1.82, 2.24) is 10.8 Å². The molecular weight excluding hydrogens is 345 g/mol. The Balaban J connectivity index is 1.86. The maximum Gasteiger partial charge on any atom is 0.573 e. The molecule has 3 rings (SSSR count). The third-order valence-electron chi connectivity index (χ3n) is 4.92. The number of rotatable bonds is 8. The first-order valence-corrected chi connectivity index (χ1v) is 9.16. The van der Waals surface area contributed by atoms with Crippen LogP contribution in [0.3, 0.4) is 0 Å². The fourth-order valence-corrected chi connectivity index (χ4v) is 3.30. The molecule has 2 aliphatic rings. The lowest BCUT2D eigenvalue weighted by Gasteiger charge is -2.21. The van der Waals surface area contributed by atoms with Crippen LogP contribution in [0.2, 0.25) is 0 Å². The van der Waals surface area contributed by atoms with E-state index in [2.05, 4.69) is 29.4 Å². The molecule has 0 amide bonds. The van der Waals surface area contributed by atoms with Gasteiger partial charge in [0.25, 0.3) is 0 Å². The van der Waals surface area contributed by atoms with E-state index in [-0.39, 0.29) is 5.75 Å². The average Bonchev–Trinajstić information content (AvgIpc) is 3.35. The fraction of sp³-hybridized carbons (Fsp3) is 0.579. The van der Waals surface area contributed by atoms with E-state index in [9.17, 15) is 13.2 Å². The first-order chi connectivity index (χ1) is 12.4. The topological polar surface area (TPSA) is 42.5 Å². The van der Waals surface area contributed by atoms with Gasteiger partial charge in [0.1, 0.15) is 11.5 Å². The highest BCUT2D eigenvalue weighted by molar-refractivity contribution is 5.43. The first kappa shape index (κ1) is 19.0. The van der Waals surface area contributed by atoms with E-state index < -0.39 is 12.4 Å². The van der Waals surface area contributed by atoms with E-state index in [0.717, 1.165) is 37.0 Å². The van der Waals surface area contributed by atoms with Gasteiger partial charge in [0, 0.05) is 29.6 Å². The van der Waals surface area contributed by atoms with Gasteiger partial charge in [-0.05, 0) is 31.7 Å². The summed E-state index contributed by atoms with van der Waals surface area (Å²) in [6.07, 6.45) is -0.630. The smallest absolute Gasteiger partial charge is 0.412 e. The summed E-state index contributed by atoms with van der Waals surface area (Å²) in [7, 11) is 0. The average molecular weight is 370 g/mol. The number of halogens is 3. The minimum atomic E-state index is -4.73. The van der Waals surface area contributed by atoms with Gasteiger partial charge >= 0.3 is 6.36 Å². The number of hydroxylamine groups is 1. The Hall–Kier alpha value is -1.73. The molecule has 1 saturated carbocycles. The molecule has 0 spiro atoms. The lowest BCUT2D eigenvalue weighted by atomic mass is 9.96. The molecule has 1 fully saturated rings. The lowest BCUT2D eigenvalue weighted by Crippen LogP contribution is -2.31. The van der Waals surface area contributed by atoms with Crippen LogP contribution in [0.1, 0.15) is 51.1 Å². The van der Waals surface area contributed by atoms with Crippen LogP contribution in [0, 0.1) is 5.92 Å². The molecular formula is C19H25F3N2O2. The molecule has 0 radical (unpaired) electrons. The van der Waals surface area contributed by atoms with Crippen molar-refractivity contribution in [3.05, 3.63) is 41.2 Å². The number of ether oxygens (including phenoxy) is 1. The van der Waals surface area contributed by atoms with Crippen LogP contribution in [-0.4, -0.2) is 18.9 Å². The van der Waals surface area contributed by atoms with Gasteiger partial charge in [0.15, 0.2) is 0 Å². The molecule has 2 N–H and O–H groups in total. The van der Waals surface area contributed by atoms with Crippen LogP contribution in [0.5, 0.6) is 5.75 Å². The second kappa shape index (κ2) is 7.88. The molecule has 1 atom stereocenters. The summed E-state index contributed by atoms with van der Waals surface area (Å²) >= 11 is 0. The van der Waals surface area contributed by atoms with E-state index in [0.29, 0.717) is 24.1 Å². The number of allylic oxidation sites excluding steroid dienone is 1. The molecule has 7 heteroatoms. The van der Waals surface area contributed by atoms with Gasteiger partial charge in [0.2, 0.25) is 0 Å². The van der Waals surface area contributed by atoms with Crippen molar-refractivity contribution in [3.8, 4) is 5.75 Å². The molecule has 144 valence electrons. The van der Waals surface area contributed by atoms with Crippen molar-refractivity contribution in [1.29, 1.82) is 0 Å². The van der Waals surface area contributed by atoms with E-state index >= 15 is 0 Å². The summed E-state index contributed by atoms with van der Waals surface area (Å²) in [6, 6.07) is 6.15. The Labute approximate surface area is 151 Å². The predicted octanol–water partition coefficient (Wildman–Crippen LogP) is 4.60. The van der Waals surface area contributed by atoms with Gasteiger partial charge in [-0.2, -0.15) is 0 Å². The number of hydrogen-bond donors (Lipinski definition) is 2. The molecule has 1 aromatic rings. The van der Waals surface area contributed by atoms with Crippen molar-refractivity contribution < 1.29 is 22.7 Å². The molecule has 1 unspecified atom stereocenters. The molecule has 1 aromatic carbocycles. The Morgan fingerprint density at radius 3 is 2.54 bits per heavy atom. The first-order valence-electron chi connectivity index (χ1n) is 9.16. The van der Waals surface area contributed by atoms with Crippen molar-refractivity contribution in [2.24, 2.45) is 5.92 Å². The monoisotopic (exact) mass is 370 g/mol. The third-order valence-corrected chi connectivity index (χ3v) is 4.92. The molecule has 1 aliphatic heterocycles. The predicted molar refractivity (Wildman–Crippen MR) is 92.2 cm³/mol. The van der Waals surface area contributed by atoms with Gasteiger partial charge in [-0.15, -0.1) is 18.7 Å². The number of benzene rings is 1. The molecule has 1 heterocycles. The van der Waals surface area contributed by atoms with Crippen LogP contribution in [0.25, 0.3) is 0 Å². The minimum Gasteiger partial charge on any atom is -0.412 e. The van der Waals surface area contributed by atoms with Crippen LogP contribution < -0.4 is 15.5 Å². The molecule has 4 nitrogen and oxygen atoms in total. The highest BCUT2D eigenvalue weighted by Crippen LogP contribution is 2.45. The Bertz CT molecular complexity index is 652. The summed E-state index contributed by atoms with van der Waals surface area (Å²) < 4.78 is 42.5. The molecule has 26 heavy (non-hydrogen) atoms. The van der Waals surface area contributed by atoms with Crippen LogP contribution in [0.4, 0.5) is 13.2 Å². The maximum absolute atomic E-state index is 12.8. The normalized spacial score (nSPS) is 20.6. The van der Waals surface area contributed by atoms with Crippen molar-refractivity contribution >= 4 is 0 Å². The molecule has 1 aliphatic carbocycles. The van der Waals surface area contributed by atoms with Gasteiger partial charge < -0.3 is 14.9 Å². The standard InChI is InChI=1S/C19H25F3N2O2/c1-3-13(4-2)23-11-15-17(24-26-18(15)12-9-10-12)14-7-5-6-8-16(14)25-19(20,21)22/h5-8,12-13,17,23-24H,3-4,9-11H2,1-2H3. The SMILES string of the molecule is CCC(CC)NCC1=C(C2CC2)ONC1c1ccccc1OC(F)(F)F. The van der Waals surface area contributed by atoms with Crippen LogP contribution in [0.15, 0.2) is 35.6 Å². The molecule has 0 saturated heterocycles. The largest absolute Gasteiger partial charge is 0.573 e. The third kappa shape index (κ3) is 4.51. The highest BCUT2D eigenvalue weighted by atomic mass is 19.4. The van der Waals surface area contributed by atoms with Crippen LogP contribution >= 0.6 is 0 Å². The number of hydrogen-bond acceptors (Lipinski definition) is 4. The van der Waals surface area contributed by atoms with Gasteiger partial charge in [-0.25, -0.2) is 0 Å². The second-order valence-corrected chi connectivity index (χ2v) is 6.80. The Morgan fingerprint density at radius 2 is 1.92 bits per heavy atom. The van der Waals surface area contributed by atoms with Gasteiger partial charge in [-0.3, -0.25) is 0 Å². The van der Waals surface area contributed by atoms with Crippen molar-refractivity contribution in [2.75, 3.05) is 6.54 Å².